The van der Waals surface area contributed by atoms with Gasteiger partial charge in [0.05, 0.1) is 11.2 Å². The van der Waals surface area contributed by atoms with Crippen LogP contribution in [-0.4, -0.2) is 16.9 Å². The lowest BCUT2D eigenvalue weighted by atomic mass is 10.2. The molecule has 1 aromatic carbocycles. The van der Waals surface area contributed by atoms with Crippen molar-refractivity contribution >= 4 is 17.0 Å². The highest BCUT2D eigenvalue weighted by molar-refractivity contribution is 7.07. The monoisotopic (exact) mass is 233 g/mol. The predicted molar refractivity (Wildman–Crippen MR) is 68.1 cm³/mol. The summed E-state index contributed by atoms with van der Waals surface area (Å²) in [6.07, 6.45) is 0. The van der Waals surface area contributed by atoms with Gasteiger partial charge in [-0.15, -0.1) is 11.3 Å². The van der Waals surface area contributed by atoms with Crippen LogP contribution in [0.4, 0.5) is 5.69 Å². The summed E-state index contributed by atoms with van der Waals surface area (Å²) >= 11 is 1.63. The van der Waals surface area contributed by atoms with Gasteiger partial charge < -0.3 is 5.73 Å². The van der Waals surface area contributed by atoms with Crippen molar-refractivity contribution in [2.45, 2.75) is 13.1 Å². The smallest absolute Gasteiger partial charge is 0.0795 e. The van der Waals surface area contributed by atoms with Crippen LogP contribution >= 0.6 is 11.3 Å². The Bertz CT molecular complexity index is 439. The Morgan fingerprint density at radius 2 is 2.12 bits per heavy atom. The lowest BCUT2D eigenvalue weighted by Gasteiger charge is -2.16. The lowest BCUT2D eigenvalue weighted by Crippen LogP contribution is -2.18. The number of thiazole rings is 1. The minimum absolute atomic E-state index is 0.851. The Hall–Kier alpha value is -1.39. The van der Waals surface area contributed by atoms with E-state index in [2.05, 4.69) is 28.4 Å². The third-order valence-corrected chi connectivity index (χ3v) is 3.05. The molecule has 0 amide bonds. The zero-order chi connectivity index (χ0) is 11.4. The van der Waals surface area contributed by atoms with Crippen molar-refractivity contribution in [3.8, 4) is 0 Å². The molecule has 2 N–H and O–H groups in total. The Morgan fingerprint density at radius 1 is 1.31 bits per heavy atom. The fraction of sp³-hybridized carbons (Fsp3) is 0.250. The Balaban J connectivity index is 1.97. The normalized spacial score (nSPS) is 10.9. The first-order chi connectivity index (χ1) is 7.75. The average molecular weight is 233 g/mol. The van der Waals surface area contributed by atoms with Crippen LogP contribution in [0.2, 0.25) is 0 Å². The van der Waals surface area contributed by atoms with Crippen LogP contribution in [0.25, 0.3) is 0 Å². The topological polar surface area (TPSA) is 42.2 Å². The summed E-state index contributed by atoms with van der Waals surface area (Å²) in [5, 5.41) is 2.07. The van der Waals surface area contributed by atoms with Crippen LogP contribution in [0.3, 0.4) is 0 Å². The van der Waals surface area contributed by atoms with Crippen LogP contribution < -0.4 is 5.73 Å². The molecule has 0 saturated heterocycles. The van der Waals surface area contributed by atoms with Crippen molar-refractivity contribution in [1.29, 1.82) is 0 Å². The first-order valence-electron chi connectivity index (χ1n) is 5.14. The number of rotatable bonds is 4. The highest BCUT2D eigenvalue weighted by atomic mass is 32.1. The number of para-hydroxylation sites is 1. The first-order valence-corrected chi connectivity index (χ1v) is 6.09. The van der Waals surface area contributed by atoms with Crippen molar-refractivity contribution in [1.82, 2.24) is 9.88 Å². The van der Waals surface area contributed by atoms with Crippen molar-refractivity contribution < 1.29 is 0 Å². The van der Waals surface area contributed by atoms with Gasteiger partial charge in [0.2, 0.25) is 0 Å². The highest BCUT2D eigenvalue weighted by Gasteiger charge is 2.04. The van der Waals surface area contributed by atoms with E-state index in [9.17, 15) is 0 Å². The van der Waals surface area contributed by atoms with E-state index in [0.717, 1.165) is 24.5 Å². The molecule has 16 heavy (non-hydrogen) atoms. The van der Waals surface area contributed by atoms with Gasteiger partial charge in [0, 0.05) is 24.2 Å². The number of nitrogens with two attached hydrogens (primary N) is 1. The third-order valence-electron chi connectivity index (χ3n) is 2.41. The second-order valence-corrected chi connectivity index (χ2v) is 4.57. The SMILES string of the molecule is CN(Cc1cscn1)Cc1ccccc1N. The zero-order valence-corrected chi connectivity index (χ0v) is 10.1. The van der Waals surface area contributed by atoms with E-state index in [1.807, 2.05) is 23.7 Å². The molecular weight excluding hydrogens is 218 g/mol. The van der Waals surface area contributed by atoms with Crippen molar-refractivity contribution in [3.63, 3.8) is 0 Å². The van der Waals surface area contributed by atoms with E-state index >= 15 is 0 Å². The molecule has 0 bridgehead atoms. The Kier molecular flexibility index (Phi) is 3.54. The van der Waals surface area contributed by atoms with E-state index in [1.54, 1.807) is 11.3 Å². The second kappa shape index (κ2) is 5.09. The number of aromatic nitrogens is 1. The maximum absolute atomic E-state index is 5.90. The molecule has 84 valence electrons. The molecule has 4 heteroatoms. The van der Waals surface area contributed by atoms with Gasteiger partial charge in [0.25, 0.3) is 0 Å². The molecule has 0 spiro atoms. The maximum atomic E-state index is 5.90. The van der Waals surface area contributed by atoms with Gasteiger partial charge in [0.1, 0.15) is 0 Å². The number of nitrogens with zero attached hydrogens (tertiary/aromatic N) is 2. The van der Waals surface area contributed by atoms with E-state index in [0.29, 0.717) is 0 Å². The van der Waals surface area contributed by atoms with Crippen LogP contribution in [-0.2, 0) is 13.1 Å². The molecule has 0 unspecified atom stereocenters. The summed E-state index contributed by atoms with van der Waals surface area (Å²) in [4.78, 5) is 6.47. The number of hydrogen-bond donors (Lipinski definition) is 1. The Labute approximate surface area is 99.5 Å². The van der Waals surface area contributed by atoms with Gasteiger partial charge in [-0.3, -0.25) is 4.90 Å². The van der Waals surface area contributed by atoms with Crippen LogP contribution in [0.1, 0.15) is 11.3 Å². The molecule has 2 aromatic rings. The lowest BCUT2D eigenvalue weighted by molar-refractivity contribution is 0.316. The largest absolute Gasteiger partial charge is 0.398 e. The highest BCUT2D eigenvalue weighted by Crippen LogP contribution is 2.14. The molecule has 0 radical (unpaired) electrons. The summed E-state index contributed by atoms with van der Waals surface area (Å²) < 4.78 is 0. The molecule has 0 aliphatic heterocycles. The van der Waals surface area contributed by atoms with E-state index in [1.165, 1.54) is 5.56 Å². The van der Waals surface area contributed by atoms with Gasteiger partial charge >= 0.3 is 0 Å². The number of anilines is 1. The molecule has 3 nitrogen and oxygen atoms in total. The summed E-state index contributed by atoms with van der Waals surface area (Å²) in [5.41, 5.74) is 10.9. The summed E-state index contributed by atoms with van der Waals surface area (Å²) in [6.45, 7) is 1.71. The zero-order valence-electron chi connectivity index (χ0n) is 9.26. The molecule has 0 aliphatic rings. The Morgan fingerprint density at radius 3 is 2.81 bits per heavy atom. The molecule has 1 aromatic heterocycles. The molecule has 0 fully saturated rings. The minimum atomic E-state index is 0.851. The molecule has 1 heterocycles. The van der Waals surface area contributed by atoms with Gasteiger partial charge in [0.15, 0.2) is 0 Å². The standard InChI is InChI=1S/C12H15N3S/c1-15(7-11-8-16-9-14-11)6-10-4-2-3-5-12(10)13/h2-5,8-9H,6-7,13H2,1H3. The van der Waals surface area contributed by atoms with Gasteiger partial charge in [-0.1, -0.05) is 18.2 Å². The van der Waals surface area contributed by atoms with Crippen molar-refractivity contribution in [2.24, 2.45) is 0 Å². The number of benzene rings is 1. The van der Waals surface area contributed by atoms with Gasteiger partial charge in [-0.05, 0) is 18.7 Å². The summed E-state index contributed by atoms with van der Waals surface area (Å²) in [6, 6.07) is 7.97. The van der Waals surface area contributed by atoms with E-state index in [-0.39, 0.29) is 0 Å². The number of nitrogen functional groups attached to an aromatic ring is 1. The maximum Gasteiger partial charge on any atom is 0.0795 e. The van der Waals surface area contributed by atoms with Crippen molar-refractivity contribution in [3.05, 3.63) is 46.4 Å². The van der Waals surface area contributed by atoms with Gasteiger partial charge in [-0.25, -0.2) is 4.98 Å². The van der Waals surface area contributed by atoms with Crippen LogP contribution in [0.15, 0.2) is 35.2 Å². The molecule has 0 aliphatic carbocycles. The van der Waals surface area contributed by atoms with E-state index in [4.69, 9.17) is 5.73 Å². The fourth-order valence-electron chi connectivity index (χ4n) is 1.62. The van der Waals surface area contributed by atoms with Gasteiger partial charge in [-0.2, -0.15) is 0 Å². The number of hydrogen-bond acceptors (Lipinski definition) is 4. The fourth-order valence-corrected chi connectivity index (χ4v) is 2.17. The third kappa shape index (κ3) is 2.81. The first kappa shape index (κ1) is 11.1. The summed E-state index contributed by atoms with van der Waals surface area (Å²) in [7, 11) is 2.08. The molecule has 2 rings (SSSR count). The molecule has 0 saturated carbocycles. The molecular formula is C12H15N3S. The quantitative estimate of drug-likeness (QED) is 0.824. The average Bonchev–Trinajstić information content (AvgIpc) is 2.74. The van der Waals surface area contributed by atoms with Crippen LogP contribution in [0.5, 0.6) is 0 Å². The second-order valence-electron chi connectivity index (χ2n) is 3.85. The minimum Gasteiger partial charge on any atom is -0.398 e. The predicted octanol–water partition coefficient (Wildman–Crippen LogP) is 2.36. The summed E-state index contributed by atoms with van der Waals surface area (Å²) in [5.74, 6) is 0. The van der Waals surface area contributed by atoms with E-state index < -0.39 is 0 Å². The van der Waals surface area contributed by atoms with Crippen molar-refractivity contribution in [2.75, 3.05) is 12.8 Å². The van der Waals surface area contributed by atoms with Crippen LogP contribution in [0, 0.1) is 0 Å². The molecule has 0 atom stereocenters.